The zero-order valence-electron chi connectivity index (χ0n) is 11.2. The van der Waals surface area contributed by atoms with Crippen LogP contribution in [0.4, 0.5) is 4.79 Å². The van der Waals surface area contributed by atoms with Gasteiger partial charge in [-0.2, -0.15) is 0 Å². The number of ether oxygens (including phenoxy) is 1. The van der Waals surface area contributed by atoms with E-state index in [9.17, 15) is 9.59 Å². The van der Waals surface area contributed by atoms with Crippen LogP contribution in [0, 0.1) is 0 Å². The molecule has 0 aromatic heterocycles. The molecule has 0 bridgehead atoms. The van der Waals surface area contributed by atoms with Crippen LogP contribution in [0.5, 0.6) is 0 Å². The van der Waals surface area contributed by atoms with Crippen molar-refractivity contribution in [2.75, 3.05) is 0 Å². The van der Waals surface area contributed by atoms with Crippen molar-refractivity contribution in [3.05, 3.63) is 78.0 Å². The summed E-state index contributed by atoms with van der Waals surface area (Å²) in [5, 5.41) is 0. The summed E-state index contributed by atoms with van der Waals surface area (Å²) in [6.07, 6.45) is 0.106. The summed E-state index contributed by atoms with van der Waals surface area (Å²) in [7, 11) is 0. The van der Waals surface area contributed by atoms with Crippen molar-refractivity contribution in [3.8, 4) is 0 Å². The maximum absolute atomic E-state index is 12.0. The molecule has 104 valence electrons. The number of cyclic esters (lactones) is 1. The van der Waals surface area contributed by atoms with Gasteiger partial charge in [-0.25, -0.2) is 9.59 Å². The largest absolute Gasteiger partial charge is 0.438 e. The van der Waals surface area contributed by atoms with Crippen molar-refractivity contribution >= 4 is 12.0 Å². The molecule has 1 saturated heterocycles. The van der Waals surface area contributed by atoms with E-state index in [-0.39, 0.29) is 6.04 Å². The number of hydrogen-bond donors (Lipinski definition) is 0. The Hall–Kier alpha value is -2.84. The van der Waals surface area contributed by atoms with E-state index in [2.05, 4.69) is 0 Å². The summed E-state index contributed by atoms with van der Waals surface area (Å²) in [5.41, 5.74) is 1.80. The molecule has 2 aromatic rings. The van der Waals surface area contributed by atoms with Gasteiger partial charge in [-0.3, -0.25) is 4.90 Å². The van der Waals surface area contributed by atoms with E-state index in [1.165, 1.54) is 4.90 Å². The summed E-state index contributed by atoms with van der Waals surface area (Å²) in [6, 6.07) is 18.6. The number of rotatable bonds is 3. The summed E-state index contributed by atoms with van der Waals surface area (Å²) in [4.78, 5) is 24.0. The lowest BCUT2D eigenvalue weighted by molar-refractivity contribution is 0.131. The fraction of sp³-hybridized carbons (Fsp3) is 0.118. The number of carbonyl (C=O) groups excluding carboxylic acids is 2. The van der Waals surface area contributed by atoms with Crippen LogP contribution >= 0.6 is 0 Å². The SMILES string of the molecule is O=C=CN1C(=O)O[C@H](c2ccccc2)[C@@H]1c1ccccc1. The Kier molecular flexibility index (Phi) is 3.54. The van der Waals surface area contributed by atoms with Crippen LogP contribution in [-0.2, 0) is 9.53 Å². The number of carbonyl (C=O) groups is 1. The Morgan fingerprint density at radius 3 is 2.10 bits per heavy atom. The standard InChI is InChI=1S/C17H13NO3/c19-12-11-18-15(13-7-3-1-4-8-13)16(21-17(18)20)14-9-5-2-6-10-14/h1-11,15-16H/t15-,16+/m0/s1. The van der Waals surface area contributed by atoms with Crippen LogP contribution in [0.1, 0.15) is 23.3 Å². The molecule has 0 N–H and O–H groups in total. The second kappa shape index (κ2) is 5.65. The lowest BCUT2D eigenvalue weighted by Crippen LogP contribution is -2.22. The summed E-state index contributed by atoms with van der Waals surface area (Å²) in [5.74, 6) is 1.66. The van der Waals surface area contributed by atoms with Gasteiger partial charge in [0.05, 0.1) is 6.20 Å². The topological polar surface area (TPSA) is 46.6 Å². The second-order valence-corrected chi connectivity index (χ2v) is 4.72. The van der Waals surface area contributed by atoms with Gasteiger partial charge in [0.15, 0.2) is 6.10 Å². The molecule has 0 spiro atoms. The molecule has 3 rings (SSSR count). The van der Waals surface area contributed by atoms with Gasteiger partial charge in [0.25, 0.3) is 0 Å². The number of hydrogen-bond acceptors (Lipinski definition) is 3. The highest BCUT2D eigenvalue weighted by molar-refractivity contribution is 5.74. The second-order valence-electron chi connectivity index (χ2n) is 4.72. The zero-order valence-corrected chi connectivity index (χ0v) is 11.2. The monoisotopic (exact) mass is 279 g/mol. The highest BCUT2D eigenvalue weighted by atomic mass is 16.6. The summed E-state index contributed by atoms with van der Waals surface area (Å²) >= 11 is 0. The Morgan fingerprint density at radius 1 is 0.952 bits per heavy atom. The summed E-state index contributed by atoms with van der Waals surface area (Å²) in [6.45, 7) is 0. The Bertz CT molecular complexity index is 678. The first-order valence-corrected chi connectivity index (χ1v) is 6.61. The average Bonchev–Trinajstić information content (AvgIpc) is 2.86. The Balaban J connectivity index is 2.07. The van der Waals surface area contributed by atoms with E-state index < -0.39 is 12.2 Å². The third-order valence-electron chi connectivity index (χ3n) is 3.49. The minimum absolute atomic E-state index is 0.373. The van der Waals surface area contributed by atoms with E-state index in [1.807, 2.05) is 60.7 Å². The van der Waals surface area contributed by atoms with Gasteiger partial charge in [0, 0.05) is 0 Å². The zero-order chi connectivity index (χ0) is 14.7. The molecule has 2 aromatic carbocycles. The molecule has 1 aliphatic heterocycles. The molecule has 4 nitrogen and oxygen atoms in total. The average molecular weight is 279 g/mol. The van der Waals surface area contributed by atoms with E-state index in [0.29, 0.717) is 0 Å². The highest BCUT2D eigenvalue weighted by Crippen LogP contribution is 2.42. The third kappa shape index (κ3) is 2.45. The van der Waals surface area contributed by atoms with Crippen molar-refractivity contribution in [2.24, 2.45) is 0 Å². The van der Waals surface area contributed by atoms with Crippen molar-refractivity contribution in [2.45, 2.75) is 12.1 Å². The van der Waals surface area contributed by atoms with Crippen molar-refractivity contribution in [1.82, 2.24) is 4.90 Å². The van der Waals surface area contributed by atoms with E-state index >= 15 is 0 Å². The quantitative estimate of drug-likeness (QED) is 0.810. The van der Waals surface area contributed by atoms with Crippen molar-refractivity contribution in [1.29, 1.82) is 0 Å². The molecule has 4 heteroatoms. The molecule has 21 heavy (non-hydrogen) atoms. The first-order chi connectivity index (χ1) is 10.3. The molecular formula is C17H13NO3. The molecule has 0 unspecified atom stereocenters. The number of benzene rings is 2. The van der Waals surface area contributed by atoms with Crippen LogP contribution in [0.2, 0.25) is 0 Å². The Morgan fingerprint density at radius 2 is 1.52 bits per heavy atom. The normalized spacial score (nSPS) is 20.8. The maximum atomic E-state index is 12.0. The van der Waals surface area contributed by atoms with Crippen LogP contribution in [0.15, 0.2) is 66.9 Å². The third-order valence-corrected chi connectivity index (χ3v) is 3.49. The molecule has 0 radical (unpaired) electrons. The van der Waals surface area contributed by atoms with Crippen molar-refractivity contribution < 1.29 is 14.3 Å². The minimum atomic E-state index is -0.541. The molecular weight excluding hydrogens is 266 g/mol. The molecule has 1 amide bonds. The van der Waals surface area contributed by atoms with Gasteiger partial charge in [-0.15, -0.1) is 0 Å². The summed E-state index contributed by atoms with van der Waals surface area (Å²) < 4.78 is 5.46. The van der Waals surface area contributed by atoms with Crippen LogP contribution in [0.3, 0.4) is 0 Å². The fourth-order valence-corrected chi connectivity index (χ4v) is 2.56. The Labute approximate surface area is 122 Å². The predicted molar refractivity (Wildman–Crippen MR) is 76.9 cm³/mol. The van der Waals surface area contributed by atoms with Gasteiger partial charge in [0.2, 0.25) is 0 Å². The van der Waals surface area contributed by atoms with Crippen molar-refractivity contribution in [3.63, 3.8) is 0 Å². The van der Waals surface area contributed by atoms with Crippen LogP contribution in [-0.4, -0.2) is 16.9 Å². The van der Waals surface area contributed by atoms with Crippen LogP contribution < -0.4 is 0 Å². The lowest BCUT2D eigenvalue weighted by Gasteiger charge is -2.21. The van der Waals surface area contributed by atoms with Gasteiger partial charge in [-0.05, 0) is 11.1 Å². The number of amides is 1. The smallest absolute Gasteiger partial charge is 0.415 e. The fourth-order valence-electron chi connectivity index (χ4n) is 2.56. The predicted octanol–water partition coefficient (Wildman–Crippen LogP) is 3.27. The molecule has 0 aliphatic carbocycles. The molecule has 2 atom stereocenters. The first-order valence-electron chi connectivity index (χ1n) is 6.61. The maximum Gasteiger partial charge on any atom is 0.415 e. The van der Waals surface area contributed by atoms with Gasteiger partial charge >= 0.3 is 6.09 Å². The highest BCUT2D eigenvalue weighted by Gasteiger charge is 2.42. The van der Waals surface area contributed by atoms with E-state index in [1.54, 1.807) is 5.94 Å². The minimum Gasteiger partial charge on any atom is -0.438 e. The van der Waals surface area contributed by atoms with Gasteiger partial charge in [0.1, 0.15) is 12.0 Å². The molecule has 1 heterocycles. The van der Waals surface area contributed by atoms with Crippen LogP contribution in [0.25, 0.3) is 0 Å². The molecule has 0 saturated carbocycles. The van der Waals surface area contributed by atoms with Gasteiger partial charge < -0.3 is 4.74 Å². The number of nitrogens with zero attached hydrogens (tertiary/aromatic N) is 1. The van der Waals surface area contributed by atoms with E-state index in [4.69, 9.17) is 4.74 Å². The first kappa shape index (κ1) is 13.2. The molecule has 1 fully saturated rings. The van der Waals surface area contributed by atoms with E-state index in [0.717, 1.165) is 17.3 Å². The lowest BCUT2D eigenvalue weighted by atomic mass is 9.96. The molecule has 1 aliphatic rings. The van der Waals surface area contributed by atoms with Gasteiger partial charge in [-0.1, -0.05) is 60.7 Å².